The molecule has 2 aromatic carbocycles. The first-order chi connectivity index (χ1) is 15.0. The number of benzene rings is 2. The molecule has 3 nitrogen and oxygen atoms in total. The molecule has 0 spiro atoms. The summed E-state index contributed by atoms with van der Waals surface area (Å²) in [6, 6.07) is 12.4. The van der Waals surface area contributed by atoms with Crippen LogP contribution in [0.5, 0.6) is 0 Å². The second-order valence-electron chi connectivity index (χ2n) is 9.05. The molecule has 0 saturated carbocycles. The van der Waals surface area contributed by atoms with Crippen molar-refractivity contribution < 1.29 is 5.11 Å². The van der Waals surface area contributed by atoms with Crippen LogP contribution in [0, 0.1) is 13.8 Å². The first kappa shape index (κ1) is 20.7. The zero-order chi connectivity index (χ0) is 21.5. The van der Waals surface area contributed by atoms with Crippen LogP contribution in [0.2, 0.25) is 5.02 Å². The Kier molecular flexibility index (Phi) is 5.60. The minimum absolute atomic E-state index is 0.105. The number of rotatable bonds is 3. The van der Waals surface area contributed by atoms with Crippen molar-refractivity contribution in [3.05, 3.63) is 74.9 Å². The second-order valence-corrected chi connectivity index (χ2v) is 9.49. The zero-order valence-corrected chi connectivity index (χ0v) is 19.0. The highest BCUT2D eigenvalue weighted by molar-refractivity contribution is 6.30. The summed E-state index contributed by atoms with van der Waals surface area (Å²) in [6.45, 7) is 5.23. The van der Waals surface area contributed by atoms with Crippen LogP contribution in [-0.4, -0.2) is 22.7 Å². The minimum atomic E-state index is -0.518. The van der Waals surface area contributed by atoms with E-state index in [1.165, 1.54) is 35.1 Å². The molecular formula is C27H29ClN2O. The summed E-state index contributed by atoms with van der Waals surface area (Å²) in [6.07, 6.45) is 6.93. The number of nitrogens with zero attached hydrogens (tertiary/aromatic N) is 1. The summed E-state index contributed by atoms with van der Waals surface area (Å²) in [5.41, 5.74) is 9.13. The van der Waals surface area contributed by atoms with Gasteiger partial charge in [-0.1, -0.05) is 41.8 Å². The molecule has 1 aliphatic heterocycles. The highest BCUT2D eigenvalue weighted by Crippen LogP contribution is 2.42. The van der Waals surface area contributed by atoms with E-state index in [9.17, 15) is 5.11 Å². The van der Waals surface area contributed by atoms with Gasteiger partial charge in [0.05, 0.1) is 17.3 Å². The van der Waals surface area contributed by atoms with E-state index in [4.69, 9.17) is 16.6 Å². The van der Waals surface area contributed by atoms with Gasteiger partial charge in [0, 0.05) is 16.5 Å². The maximum absolute atomic E-state index is 11.6. The third kappa shape index (κ3) is 3.91. The average molecular weight is 433 g/mol. The van der Waals surface area contributed by atoms with Crippen molar-refractivity contribution in [2.45, 2.75) is 58.1 Å². The summed E-state index contributed by atoms with van der Waals surface area (Å²) >= 11 is 6.07. The van der Waals surface area contributed by atoms with E-state index < -0.39 is 6.10 Å². The Morgan fingerprint density at radius 2 is 1.94 bits per heavy atom. The number of hydrogen-bond acceptors (Lipinski definition) is 3. The molecule has 3 aromatic rings. The molecule has 2 atom stereocenters. The number of aryl methyl sites for hydroxylation is 2. The Hall–Kier alpha value is -2.20. The van der Waals surface area contributed by atoms with Gasteiger partial charge < -0.3 is 10.4 Å². The Morgan fingerprint density at radius 1 is 1.13 bits per heavy atom. The van der Waals surface area contributed by atoms with Gasteiger partial charge in [-0.3, -0.25) is 0 Å². The van der Waals surface area contributed by atoms with E-state index in [0.717, 1.165) is 58.6 Å². The van der Waals surface area contributed by atoms with Crippen LogP contribution in [0.1, 0.15) is 65.3 Å². The van der Waals surface area contributed by atoms with E-state index in [-0.39, 0.29) is 6.04 Å². The SMILES string of the molecule is Cc1cc(C)c2nc3c(c([C@H](O)[C@H]4CCCCN4)c2c1)CC/C3=C\c1ccc(Cl)cc1. The van der Waals surface area contributed by atoms with Crippen LogP contribution in [-0.2, 0) is 6.42 Å². The summed E-state index contributed by atoms with van der Waals surface area (Å²) in [5, 5.41) is 17.0. The van der Waals surface area contributed by atoms with E-state index >= 15 is 0 Å². The molecular weight excluding hydrogens is 404 g/mol. The van der Waals surface area contributed by atoms with Crippen molar-refractivity contribution in [2.75, 3.05) is 6.54 Å². The van der Waals surface area contributed by atoms with Gasteiger partial charge in [0.1, 0.15) is 0 Å². The van der Waals surface area contributed by atoms with E-state index in [1.807, 2.05) is 24.3 Å². The highest BCUT2D eigenvalue weighted by atomic mass is 35.5. The van der Waals surface area contributed by atoms with Crippen LogP contribution >= 0.6 is 11.6 Å². The fourth-order valence-corrected chi connectivity index (χ4v) is 5.39. The lowest BCUT2D eigenvalue weighted by atomic mass is 9.88. The number of piperidine rings is 1. The molecule has 1 fully saturated rings. The van der Waals surface area contributed by atoms with Crippen molar-refractivity contribution in [1.29, 1.82) is 0 Å². The van der Waals surface area contributed by atoms with Gasteiger partial charge >= 0.3 is 0 Å². The van der Waals surface area contributed by atoms with Crippen molar-refractivity contribution in [3.8, 4) is 0 Å². The largest absolute Gasteiger partial charge is 0.387 e. The number of pyridine rings is 1. The van der Waals surface area contributed by atoms with Gasteiger partial charge in [-0.25, -0.2) is 4.98 Å². The molecule has 4 heteroatoms. The molecule has 31 heavy (non-hydrogen) atoms. The van der Waals surface area contributed by atoms with E-state index in [2.05, 4.69) is 37.4 Å². The lowest BCUT2D eigenvalue weighted by Crippen LogP contribution is -2.39. The highest BCUT2D eigenvalue weighted by Gasteiger charge is 2.31. The fourth-order valence-electron chi connectivity index (χ4n) is 5.27. The number of allylic oxidation sites excluding steroid dienone is 1. The standard InChI is InChI=1S/C27H29ClN2O/c1-16-13-17(2)25-22(14-16)24(27(31)23-5-3-4-12-29-23)21-11-8-19(26(21)30-25)15-18-6-9-20(28)10-7-18/h6-7,9-10,13-15,23,27,29,31H,3-5,8,11-12H2,1-2H3/b19-15+/t23-,27-/m1/s1. The van der Waals surface area contributed by atoms with Gasteiger partial charge in [-0.15, -0.1) is 0 Å². The van der Waals surface area contributed by atoms with Gasteiger partial charge in [-0.2, -0.15) is 0 Å². The minimum Gasteiger partial charge on any atom is -0.387 e. The van der Waals surface area contributed by atoms with Crippen LogP contribution in [0.15, 0.2) is 36.4 Å². The van der Waals surface area contributed by atoms with Crippen molar-refractivity contribution in [3.63, 3.8) is 0 Å². The van der Waals surface area contributed by atoms with Gasteiger partial charge in [0.15, 0.2) is 0 Å². The predicted molar refractivity (Wildman–Crippen MR) is 129 cm³/mol. The summed E-state index contributed by atoms with van der Waals surface area (Å²) in [4.78, 5) is 5.15. The molecule has 1 aliphatic carbocycles. The molecule has 160 valence electrons. The smallest absolute Gasteiger partial charge is 0.0952 e. The molecule has 0 bridgehead atoms. The summed E-state index contributed by atoms with van der Waals surface area (Å²) in [5.74, 6) is 0. The number of halogens is 1. The molecule has 5 rings (SSSR count). The third-order valence-electron chi connectivity index (χ3n) is 6.75. The van der Waals surface area contributed by atoms with Crippen molar-refractivity contribution in [2.24, 2.45) is 0 Å². The lowest BCUT2D eigenvalue weighted by molar-refractivity contribution is 0.114. The predicted octanol–water partition coefficient (Wildman–Crippen LogP) is 6.17. The quantitative estimate of drug-likeness (QED) is 0.520. The van der Waals surface area contributed by atoms with Gasteiger partial charge in [0.25, 0.3) is 0 Å². The van der Waals surface area contributed by atoms with Crippen LogP contribution in [0.4, 0.5) is 0 Å². The van der Waals surface area contributed by atoms with Crippen LogP contribution in [0.25, 0.3) is 22.6 Å². The van der Waals surface area contributed by atoms with E-state index in [0.29, 0.717) is 0 Å². The maximum atomic E-state index is 11.6. The first-order valence-electron chi connectivity index (χ1n) is 11.3. The third-order valence-corrected chi connectivity index (χ3v) is 7.01. The number of aliphatic hydroxyl groups is 1. The fraction of sp³-hybridized carbons (Fsp3) is 0.370. The molecule has 0 unspecified atom stereocenters. The topological polar surface area (TPSA) is 45.2 Å². The van der Waals surface area contributed by atoms with Gasteiger partial charge in [-0.05, 0) is 98.2 Å². The van der Waals surface area contributed by atoms with Crippen LogP contribution in [0.3, 0.4) is 0 Å². The monoisotopic (exact) mass is 432 g/mol. The second kappa shape index (κ2) is 8.38. The lowest BCUT2D eigenvalue weighted by Gasteiger charge is -2.30. The molecule has 1 saturated heterocycles. The number of fused-ring (bicyclic) bond motifs is 2. The number of hydrogen-bond donors (Lipinski definition) is 2. The Balaban J connectivity index is 1.69. The molecule has 0 amide bonds. The summed E-state index contributed by atoms with van der Waals surface area (Å²) in [7, 11) is 0. The van der Waals surface area contributed by atoms with Crippen LogP contribution < -0.4 is 5.32 Å². The van der Waals surface area contributed by atoms with Crippen molar-refractivity contribution in [1.82, 2.24) is 10.3 Å². The Labute approximate surface area is 189 Å². The number of aromatic nitrogens is 1. The Bertz CT molecular complexity index is 1160. The summed E-state index contributed by atoms with van der Waals surface area (Å²) < 4.78 is 0. The molecule has 0 radical (unpaired) electrons. The number of nitrogens with one attached hydrogen (secondary N) is 1. The molecule has 2 N–H and O–H groups in total. The first-order valence-corrected chi connectivity index (χ1v) is 11.7. The molecule has 2 aliphatic rings. The maximum Gasteiger partial charge on any atom is 0.0952 e. The Morgan fingerprint density at radius 3 is 2.68 bits per heavy atom. The zero-order valence-electron chi connectivity index (χ0n) is 18.2. The average Bonchev–Trinajstić information content (AvgIpc) is 3.16. The normalized spacial score (nSPS) is 20.9. The van der Waals surface area contributed by atoms with Gasteiger partial charge in [0.2, 0.25) is 0 Å². The van der Waals surface area contributed by atoms with E-state index in [1.54, 1.807) is 0 Å². The number of aliphatic hydroxyl groups excluding tert-OH is 1. The molecule has 1 aromatic heterocycles. The van der Waals surface area contributed by atoms with Crippen molar-refractivity contribution >= 4 is 34.2 Å². The molecule has 2 heterocycles.